The highest BCUT2D eigenvalue weighted by atomic mass is 79.9. The minimum absolute atomic E-state index is 0.253. The smallest absolute Gasteiger partial charge is 0.0579 e. The maximum absolute atomic E-state index is 3.61. The number of halogens is 1. The number of nitrogens with one attached hydrogen (secondary N) is 1. The molecule has 0 radical (unpaired) electrons. The molecular weight excluding hydrogens is 322 g/mol. The van der Waals surface area contributed by atoms with E-state index < -0.39 is 0 Å². The Bertz CT molecular complexity index is 575. The third-order valence-corrected chi connectivity index (χ3v) is 4.31. The zero-order valence-electron chi connectivity index (χ0n) is 13.1. The SMILES string of the molecule is CCCc1ccc(C(NCC)c2cc(Br)ccc2C)cc1. The van der Waals surface area contributed by atoms with Gasteiger partial charge in [0.1, 0.15) is 0 Å². The molecule has 0 aliphatic carbocycles. The lowest BCUT2D eigenvalue weighted by Crippen LogP contribution is -2.22. The number of rotatable bonds is 6. The molecule has 0 aliphatic heterocycles. The van der Waals surface area contributed by atoms with E-state index in [1.807, 2.05) is 0 Å². The molecule has 0 saturated heterocycles. The van der Waals surface area contributed by atoms with E-state index in [2.05, 4.69) is 84.5 Å². The Morgan fingerprint density at radius 2 is 1.76 bits per heavy atom. The molecule has 2 aromatic rings. The number of hydrogen-bond acceptors (Lipinski definition) is 1. The van der Waals surface area contributed by atoms with Crippen molar-refractivity contribution in [2.24, 2.45) is 0 Å². The first kappa shape index (κ1) is 16.3. The Morgan fingerprint density at radius 3 is 2.38 bits per heavy atom. The summed E-state index contributed by atoms with van der Waals surface area (Å²) in [5, 5.41) is 3.61. The van der Waals surface area contributed by atoms with Crippen LogP contribution in [-0.4, -0.2) is 6.54 Å². The Labute approximate surface area is 136 Å². The van der Waals surface area contributed by atoms with Crippen LogP contribution in [0.1, 0.15) is 48.6 Å². The van der Waals surface area contributed by atoms with Crippen molar-refractivity contribution in [3.05, 3.63) is 69.2 Å². The Morgan fingerprint density at radius 1 is 1.05 bits per heavy atom. The summed E-state index contributed by atoms with van der Waals surface area (Å²) in [6, 6.07) is 15.8. The van der Waals surface area contributed by atoms with E-state index in [0.29, 0.717) is 0 Å². The van der Waals surface area contributed by atoms with E-state index in [0.717, 1.165) is 17.4 Å². The predicted molar refractivity (Wildman–Crippen MR) is 94.8 cm³/mol. The summed E-state index contributed by atoms with van der Waals surface area (Å²) in [6.45, 7) is 7.51. The fourth-order valence-electron chi connectivity index (χ4n) is 2.70. The predicted octanol–water partition coefficient (Wildman–Crippen LogP) is 5.41. The molecule has 0 fully saturated rings. The van der Waals surface area contributed by atoms with Crippen LogP contribution in [0.2, 0.25) is 0 Å². The molecule has 0 saturated carbocycles. The highest BCUT2D eigenvalue weighted by Gasteiger charge is 2.15. The normalized spacial score (nSPS) is 12.4. The molecule has 0 bridgehead atoms. The molecule has 112 valence electrons. The molecule has 1 unspecified atom stereocenters. The summed E-state index contributed by atoms with van der Waals surface area (Å²) in [6.07, 6.45) is 2.35. The molecule has 0 heterocycles. The molecule has 0 spiro atoms. The maximum atomic E-state index is 3.61. The van der Waals surface area contributed by atoms with Gasteiger partial charge in [-0.3, -0.25) is 0 Å². The van der Waals surface area contributed by atoms with E-state index in [4.69, 9.17) is 0 Å². The largest absolute Gasteiger partial charge is 0.307 e. The summed E-state index contributed by atoms with van der Waals surface area (Å²) in [7, 11) is 0. The third kappa shape index (κ3) is 4.18. The van der Waals surface area contributed by atoms with Crippen molar-refractivity contribution in [1.82, 2.24) is 5.32 Å². The Kier molecular flexibility index (Phi) is 6.01. The van der Waals surface area contributed by atoms with Crippen LogP contribution in [0, 0.1) is 6.92 Å². The molecule has 0 aliphatic rings. The van der Waals surface area contributed by atoms with Gasteiger partial charge in [0.05, 0.1) is 6.04 Å². The molecule has 0 aromatic heterocycles. The molecule has 2 heteroatoms. The first-order valence-corrected chi connectivity index (χ1v) is 8.53. The summed E-state index contributed by atoms with van der Waals surface area (Å²) in [4.78, 5) is 0. The van der Waals surface area contributed by atoms with Crippen molar-refractivity contribution in [2.75, 3.05) is 6.54 Å². The lowest BCUT2D eigenvalue weighted by molar-refractivity contribution is 0.627. The van der Waals surface area contributed by atoms with Gasteiger partial charge in [0.25, 0.3) is 0 Å². The average molecular weight is 346 g/mol. The quantitative estimate of drug-likeness (QED) is 0.737. The van der Waals surface area contributed by atoms with Gasteiger partial charge in [0.15, 0.2) is 0 Å². The van der Waals surface area contributed by atoms with Crippen molar-refractivity contribution in [3.63, 3.8) is 0 Å². The second-order valence-corrected chi connectivity index (χ2v) is 6.40. The van der Waals surface area contributed by atoms with Crippen molar-refractivity contribution >= 4 is 15.9 Å². The molecular formula is C19H24BrN. The van der Waals surface area contributed by atoms with E-state index >= 15 is 0 Å². The second kappa shape index (κ2) is 7.77. The van der Waals surface area contributed by atoms with Gasteiger partial charge < -0.3 is 5.32 Å². The fraction of sp³-hybridized carbons (Fsp3) is 0.368. The number of aryl methyl sites for hydroxylation is 2. The van der Waals surface area contributed by atoms with Crippen molar-refractivity contribution in [2.45, 2.75) is 39.7 Å². The van der Waals surface area contributed by atoms with Crippen LogP contribution in [0.5, 0.6) is 0 Å². The number of benzene rings is 2. The van der Waals surface area contributed by atoms with Gasteiger partial charge in [-0.25, -0.2) is 0 Å². The topological polar surface area (TPSA) is 12.0 Å². The molecule has 1 nitrogen and oxygen atoms in total. The van der Waals surface area contributed by atoms with Gasteiger partial charge in [-0.15, -0.1) is 0 Å². The average Bonchev–Trinajstić information content (AvgIpc) is 2.49. The van der Waals surface area contributed by atoms with Gasteiger partial charge in [-0.2, -0.15) is 0 Å². The van der Waals surface area contributed by atoms with Gasteiger partial charge in [-0.05, 0) is 54.3 Å². The fourth-order valence-corrected chi connectivity index (χ4v) is 3.08. The first-order chi connectivity index (χ1) is 10.2. The summed E-state index contributed by atoms with van der Waals surface area (Å²) in [5.74, 6) is 0. The van der Waals surface area contributed by atoms with Crippen LogP contribution in [0.3, 0.4) is 0 Å². The zero-order chi connectivity index (χ0) is 15.2. The van der Waals surface area contributed by atoms with Gasteiger partial charge in [0.2, 0.25) is 0 Å². The zero-order valence-corrected chi connectivity index (χ0v) is 14.7. The summed E-state index contributed by atoms with van der Waals surface area (Å²) >= 11 is 3.59. The lowest BCUT2D eigenvalue weighted by atomic mass is 9.94. The van der Waals surface area contributed by atoms with Crippen LogP contribution >= 0.6 is 15.9 Å². The third-order valence-electron chi connectivity index (χ3n) is 3.81. The Hall–Kier alpha value is -1.12. The minimum atomic E-state index is 0.253. The van der Waals surface area contributed by atoms with Crippen LogP contribution < -0.4 is 5.32 Å². The van der Waals surface area contributed by atoms with E-state index in [1.165, 1.54) is 28.7 Å². The Balaban J connectivity index is 2.35. The van der Waals surface area contributed by atoms with Crippen molar-refractivity contribution < 1.29 is 0 Å². The monoisotopic (exact) mass is 345 g/mol. The molecule has 1 N–H and O–H groups in total. The van der Waals surface area contributed by atoms with Crippen molar-refractivity contribution in [3.8, 4) is 0 Å². The van der Waals surface area contributed by atoms with Gasteiger partial charge >= 0.3 is 0 Å². The van der Waals surface area contributed by atoms with Crippen molar-refractivity contribution in [1.29, 1.82) is 0 Å². The lowest BCUT2D eigenvalue weighted by Gasteiger charge is -2.21. The minimum Gasteiger partial charge on any atom is -0.307 e. The molecule has 21 heavy (non-hydrogen) atoms. The molecule has 2 rings (SSSR count). The molecule has 2 aromatic carbocycles. The van der Waals surface area contributed by atoms with E-state index in [1.54, 1.807) is 0 Å². The number of hydrogen-bond donors (Lipinski definition) is 1. The maximum Gasteiger partial charge on any atom is 0.0579 e. The second-order valence-electron chi connectivity index (χ2n) is 5.48. The van der Waals surface area contributed by atoms with Crippen LogP contribution in [0.4, 0.5) is 0 Å². The highest BCUT2D eigenvalue weighted by molar-refractivity contribution is 9.10. The van der Waals surface area contributed by atoms with Gasteiger partial charge in [0, 0.05) is 4.47 Å². The first-order valence-electron chi connectivity index (χ1n) is 7.74. The van der Waals surface area contributed by atoms with E-state index in [-0.39, 0.29) is 6.04 Å². The van der Waals surface area contributed by atoms with Gasteiger partial charge in [-0.1, -0.05) is 66.5 Å². The standard InChI is InChI=1S/C19H24BrN/c1-4-6-15-8-10-16(11-9-15)19(21-5-2)18-13-17(20)12-7-14(18)3/h7-13,19,21H,4-6H2,1-3H3. The highest BCUT2D eigenvalue weighted by Crippen LogP contribution is 2.28. The van der Waals surface area contributed by atoms with E-state index in [9.17, 15) is 0 Å². The van der Waals surface area contributed by atoms with Crippen LogP contribution in [0.15, 0.2) is 46.9 Å². The van der Waals surface area contributed by atoms with Crippen LogP contribution in [-0.2, 0) is 6.42 Å². The van der Waals surface area contributed by atoms with Crippen LogP contribution in [0.25, 0.3) is 0 Å². The molecule has 1 atom stereocenters. The summed E-state index contributed by atoms with van der Waals surface area (Å²) < 4.78 is 1.13. The summed E-state index contributed by atoms with van der Waals surface area (Å²) in [5.41, 5.74) is 5.41. The molecule has 0 amide bonds.